The number of benzene rings is 2. The van der Waals surface area contributed by atoms with Crippen LogP contribution in [-0.4, -0.2) is 10.9 Å². The Morgan fingerprint density at radius 1 is 1.03 bits per heavy atom. The van der Waals surface area contributed by atoms with Crippen molar-refractivity contribution in [2.45, 2.75) is 38.5 Å². The standard InChI is InChI=1S/C24H23ClN2O.ClH/c25-20-4-1-3-18(14-20)23-15-19(21-5-2-6-22(21)27-23)13-17-9-7-16(8-10-17)11-12-24(26)28;/h1,3-4,7-10,14-15H,2,5-6,11-13H2,(H2,26,28);1H. The van der Waals surface area contributed by atoms with Crippen LogP contribution < -0.4 is 5.73 Å². The van der Waals surface area contributed by atoms with E-state index in [2.05, 4.69) is 36.4 Å². The molecule has 1 heterocycles. The lowest BCUT2D eigenvalue weighted by Gasteiger charge is -2.12. The molecular weight excluding hydrogens is 403 g/mol. The summed E-state index contributed by atoms with van der Waals surface area (Å²) in [4.78, 5) is 15.9. The molecule has 1 aromatic heterocycles. The molecule has 5 heteroatoms. The van der Waals surface area contributed by atoms with E-state index in [1.54, 1.807) is 0 Å². The molecule has 0 fully saturated rings. The molecule has 0 radical (unpaired) electrons. The summed E-state index contributed by atoms with van der Waals surface area (Å²) in [6, 6.07) is 18.6. The lowest BCUT2D eigenvalue weighted by Crippen LogP contribution is -2.11. The Labute approximate surface area is 182 Å². The van der Waals surface area contributed by atoms with Crippen LogP contribution in [0.1, 0.15) is 40.8 Å². The number of aromatic nitrogens is 1. The number of halogens is 2. The number of primary amides is 1. The van der Waals surface area contributed by atoms with Gasteiger partial charge in [-0.1, -0.05) is 48.0 Å². The van der Waals surface area contributed by atoms with Gasteiger partial charge in [-0.2, -0.15) is 0 Å². The summed E-state index contributed by atoms with van der Waals surface area (Å²) in [6.45, 7) is 0. The Bertz CT molecular complexity index is 1020. The fourth-order valence-corrected chi connectivity index (χ4v) is 4.08. The predicted octanol–water partition coefficient (Wildman–Crippen LogP) is 5.32. The van der Waals surface area contributed by atoms with E-state index in [0.717, 1.165) is 41.1 Å². The van der Waals surface area contributed by atoms with E-state index in [4.69, 9.17) is 22.3 Å². The van der Waals surface area contributed by atoms with Crippen molar-refractivity contribution in [3.8, 4) is 11.3 Å². The first-order valence-electron chi connectivity index (χ1n) is 9.72. The Morgan fingerprint density at radius 3 is 2.52 bits per heavy atom. The smallest absolute Gasteiger partial charge is 0.217 e. The fraction of sp³-hybridized carbons (Fsp3) is 0.250. The van der Waals surface area contributed by atoms with E-state index in [-0.39, 0.29) is 18.3 Å². The van der Waals surface area contributed by atoms with Crippen molar-refractivity contribution in [3.63, 3.8) is 0 Å². The van der Waals surface area contributed by atoms with Crippen LogP contribution in [0.25, 0.3) is 11.3 Å². The molecule has 0 saturated carbocycles. The van der Waals surface area contributed by atoms with Gasteiger partial charge in [-0.25, -0.2) is 0 Å². The molecule has 150 valence electrons. The normalized spacial score (nSPS) is 12.3. The lowest BCUT2D eigenvalue weighted by atomic mass is 9.96. The van der Waals surface area contributed by atoms with Crippen molar-refractivity contribution in [3.05, 3.63) is 87.6 Å². The molecule has 0 aliphatic heterocycles. The van der Waals surface area contributed by atoms with E-state index in [0.29, 0.717) is 12.8 Å². The first kappa shape index (κ1) is 21.4. The number of fused-ring (bicyclic) bond motifs is 1. The van der Waals surface area contributed by atoms with Crippen molar-refractivity contribution in [2.75, 3.05) is 0 Å². The second kappa shape index (κ2) is 9.43. The zero-order valence-corrected chi connectivity index (χ0v) is 17.7. The number of rotatable bonds is 6. The van der Waals surface area contributed by atoms with Crippen LogP contribution in [0.5, 0.6) is 0 Å². The molecule has 4 rings (SSSR count). The second-order valence-corrected chi connectivity index (χ2v) is 7.85. The molecule has 1 aliphatic carbocycles. The zero-order chi connectivity index (χ0) is 19.5. The minimum atomic E-state index is -0.259. The van der Waals surface area contributed by atoms with Crippen molar-refractivity contribution < 1.29 is 4.79 Å². The number of hydrogen-bond donors (Lipinski definition) is 1. The number of nitrogens with zero attached hydrogens (tertiary/aromatic N) is 1. The average molecular weight is 427 g/mol. The van der Waals surface area contributed by atoms with Crippen LogP contribution in [0.15, 0.2) is 54.6 Å². The number of amides is 1. The Kier molecular flexibility index (Phi) is 6.94. The van der Waals surface area contributed by atoms with Gasteiger partial charge in [0.1, 0.15) is 0 Å². The van der Waals surface area contributed by atoms with E-state index in [1.165, 1.54) is 28.8 Å². The van der Waals surface area contributed by atoms with E-state index in [1.807, 2.05) is 18.2 Å². The van der Waals surface area contributed by atoms with E-state index < -0.39 is 0 Å². The van der Waals surface area contributed by atoms with Crippen LogP contribution in [0.3, 0.4) is 0 Å². The Balaban J connectivity index is 0.00000240. The van der Waals surface area contributed by atoms with Crippen LogP contribution in [0.4, 0.5) is 0 Å². The first-order valence-corrected chi connectivity index (χ1v) is 10.1. The highest BCUT2D eigenvalue weighted by molar-refractivity contribution is 6.30. The number of carbonyl (C=O) groups is 1. The molecule has 3 aromatic rings. The van der Waals surface area contributed by atoms with Crippen molar-refractivity contribution in [1.29, 1.82) is 0 Å². The summed E-state index contributed by atoms with van der Waals surface area (Å²) in [5, 5.41) is 0.730. The highest BCUT2D eigenvalue weighted by atomic mass is 35.5. The van der Waals surface area contributed by atoms with Gasteiger partial charge in [0.15, 0.2) is 0 Å². The Hall–Kier alpha value is -2.36. The number of pyridine rings is 1. The summed E-state index contributed by atoms with van der Waals surface area (Å²) in [6.07, 6.45) is 5.28. The molecular formula is C24H24Cl2N2O. The zero-order valence-electron chi connectivity index (χ0n) is 16.2. The highest BCUT2D eigenvalue weighted by Crippen LogP contribution is 2.31. The number of aryl methyl sites for hydroxylation is 2. The van der Waals surface area contributed by atoms with Crippen LogP contribution in [-0.2, 0) is 30.5 Å². The number of nitrogens with two attached hydrogens (primary N) is 1. The van der Waals surface area contributed by atoms with Crippen LogP contribution >= 0.6 is 24.0 Å². The third-order valence-electron chi connectivity index (χ3n) is 5.34. The minimum absolute atomic E-state index is 0. The van der Waals surface area contributed by atoms with Gasteiger partial charge in [0.25, 0.3) is 0 Å². The van der Waals surface area contributed by atoms with Crippen molar-refractivity contribution in [2.24, 2.45) is 5.73 Å². The van der Waals surface area contributed by atoms with Gasteiger partial charge in [0.05, 0.1) is 5.69 Å². The number of hydrogen-bond acceptors (Lipinski definition) is 2. The van der Waals surface area contributed by atoms with Crippen molar-refractivity contribution >= 4 is 29.9 Å². The van der Waals surface area contributed by atoms with E-state index in [9.17, 15) is 4.79 Å². The molecule has 0 atom stereocenters. The summed E-state index contributed by atoms with van der Waals surface area (Å²) in [5.41, 5.74) is 13.7. The SMILES string of the molecule is Cl.NC(=O)CCc1ccc(Cc2cc(-c3cccc(Cl)c3)nc3c2CCC3)cc1. The molecule has 29 heavy (non-hydrogen) atoms. The maximum absolute atomic E-state index is 11.0. The third-order valence-corrected chi connectivity index (χ3v) is 5.58. The third kappa shape index (κ3) is 5.17. The molecule has 3 nitrogen and oxygen atoms in total. The lowest BCUT2D eigenvalue weighted by molar-refractivity contribution is -0.117. The molecule has 1 aliphatic rings. The molecule has 1 amide bonds. The van der Waals surface area contributed by atoms with Gasteiger partial charge in [-0.15, -0.1) is 12.4 Å². The summed E-state index contributed by atoms with van der Waals surface area (Å²) in [5.74, 6) is -0.259. The first-order chi connectivity index (χ1) is 13.6. The van der Waals surface area contributed by atoms with Crippen LogP contribution in [0, 0.1) is 0 Å². The van der Waals surface area contributed by atoms with E-state index >= 15 is 0 Å². The second-order valence-electron chi connectivity index (χ2n) is 7.42. The highest BCUT2D eigenvalue weighted by Gasteiger charge is 2.18. The molecule has 0 saturated heterocycles. The fourth-order valence-electron chi connectivity index (χ4n) is 3.89. The van der Waals surface area contributed by atoms with Crippen molar-refractivity contribution in [1.82, 2.24) is 4.98 Å². The Morgan fingerprint density at radius 2 is 1.79 bits per heavy atom. The van der Waals surface area contributed by atoms with Crippen LogP contribution in [0.2, 0.25) is 5.02 Å². The topological polar surface area (TPSA) is 56.0 Å². The molecule has 0 spiro atoms. The average Bonchev–Trinajstić information content (AvgIpc) is 3.16. The summed E-state index contributed by atoms with van der Waals surface area (Å²) < 4.78 is 0. The predicted molar refractivity (Wildman–Crippen MR) is 121 cm³/mol. The minimum Gasteiger partial charge on any atom is -0.370 e. The summed E-state index contributed by atoms with van der Waals surface area (Å²) in [7, 11) is 0. The monoisotopic (exact) mass is 426 g/mol. The van der Waals surface area contributed by atoms with Gasteiger partial charge in [0.2, 0.25) is 5.91 Å². The molecule has 2 N–H and O–H groups in total. The summed E-state index contributed by atoms with van der Waals surface area (Å²) >= 11 is 6.18. The quantitative estimate of drug-likeness (QED) is 0.579. The maximum atomic E-state index is 11.0. The molecule has 0 unspecified atom stereocenters. The van der Waals surface area contributed by atoms with Gasteiger partial charge < -0.3 is 5.73 Å². The maximum Gasteiger partial charge on any atom is 0.217 e. The molecule has 2 aromatic carbocycles. The van der Waals surface area contributed by atoms with Gasteiger partial charge in [-0.05, 0) is 72.6 Å². The molecule has 0 bridgehead atoms. The van der Waals surface area contributed by atoms with Gasteiger partial charge in [-0.3, -0.25) is 9.78 Å². The largest absolute Gasteiger partial charge is 0.370 e. The van der Waals surface area contributed by atoms with Gasteiger partial charge in [0, 0.05) is 22.7 Å². The van der Waals surface area contributed by atoms with Gasteiger partial charge >= 0.3 is 0 Å². The number of carbonyl (C=O) groups excluding carboxylic acids is 1.